The maximum Gasteiger partial charge on any atom is 0 e. The summed E-state index contributed by atoms with van der Waals surface area (Å²) in [6.45, 7) is 0. The maximum atomic E-state index is 2.22. The molecule has 0 unspecified atom stereocenters. The molecule has 0 radical (unpaired) electrons. The van der Waals surface area contributed by atoms with E-state index in [1.165, 1.54) is 22.3 Å². The molecule has 0 saturated carbocycles. The van der Waals surface area contributed by atoms with Crippen molar-refractivity contribution in [2.24, 2.45) is 0 Å². The van der Waals surface area contributed by atoms with Crippen LogP contribution in [-0.2, 0) is 32.3 Å². The molecule has 2 aromatic rings. The van der Waals surface area contributed by atoms with E-state index in [0.29, 0.717) is 0 Å². The van der Waals surface area contributed by atoms with Crippen molar-refractivity contribution < 1.29 is 25.8 Å². The second-order valence-electron chi connectivity index (χ2n) is 3.49. The Bertz CT molecular complexity index is 417. The zero-order valence-electron chi connectivity index (χ0n) is 9.83. The SMILES string of the molecule is [CH3-].[CH3-].[Hf].c1ccc2c(c1)Cc1ccccc1-2. The Morgan fingerprint density at radius 2 is 1.00 bits per heavy atom. The van der Waals surface area contributed by atoms with E-state index in [-0.39, 0.29) is 40.7 Å². The van der Waals surface area contributed by atoms with Crippen LogP contribution < -0.4 is 0 Å². The Morgan fingerprint density at radius 1 is 0.625 bits per heavy atom. The van der Waals surface area contributed by atoms with Crippen LogP contribution >= 0.6 is 0 Å². The molecule has 0 saturated heterocycles. The predicted octanol–water partition coefficient (Wildman–Crippen LogP) is 4.16. The molecule has 1 heteroatoms. The quantitative estimate of drug-likeness (QED) is 0.409. The van der Waals surface area contributed by atoms with E-state index in [1.54, 1.807) is 0 Å². The summed E-state index contributed by atoms with van der Waals surface area (Å²) in [5.74, 6) is 0. The first-order valence-corrected chi connectivity index (χ1v) is 4.61. The summed E-state index contributed by atoms with van der Waals surface area (Å²) < 4.78 is 0. The third-order valence-corrected chi connectivity index (χ3v) is 2.71. The van der Waals surface area contributed by atoms with E-state index in [9.17, 15) is 0 Å². The zero-order valence-corrected chi connectivity index (χ0v) is 13.4. The molecule has 0 aromatic heterocycles. The zero-order chi connectivity index (χ0) is 8.67. The maximum absolute atomic E-state index is 2.22. The number of hydrogen-bond acceptors (Lipinski definition) is 0. The number of benzene rings is 2. The van der Waals surface area contributed by atoms with Gasteiger partial charge in [-0.3, -0.25) is 0 Å². The van der Waals surface area contributed by atoms with Crippen molar-refractivity contribution >= 4 is 0 Å². The van der Waals surface area contributed by atoms with E-state index in [1.807, 2.05) is 0 Å². The molecule has 0 aliphatic heterocycles. The normalized spacial score (nSPS) is 10.0. The number of hydrogen-bond donors (Lipinski definition) is 0. The number of rotatable bonds is 0. The van der Waals surface area contributed by atoms with Gasteiger partial charge in [-0.2, -0.15) is 0 Å². The van der Waals surface area contributed by atoms with Gasteiger partial charge in [0.25, 0.3) is 0 Å². The summed E-state index contributed by atoms with van der Waals surface area (Å²) in [4.78, 5) is 0. The standard InChI is InChI=1S/C13H10.2CH3.Hf/c1-3-7-12-10(5-1)9-11-6-2-4-8-13(11)12;;;/h1-8H,9H2;2*1H3;/q;2*-1;. The molecule has 0 fully saturated rings. The fraction of sp³-hybridized carbons (Fsp3) is 0.0667. The Hall–Kier alpha value is -0.690. The van der Waals surface area contributed by atoms with E-state index in [4.69, 9.17) is 0 Å². The van der Waals surface area contributed by atoms with Crippen molar-refractivity contribution in [1.29, 1.82) is 0 Å². The number of fused-ring (bicyclic) bond motifs is 3. The van der Waals surface area contributed by atoms with Gasteiger partial charge in [-0.1, -0.05) is 48.5 Å². The Labute approximate surface area is 117 Å². The van der Waals surface area contributed by atoms with E-state index in [0.717, 1.165) is 6.42 Å². The molecule has 0 atom stereocenters. The second kappa shape index (κ2) is 6.15. The molecule has 0 nitrogen and oxygen atoms in total. The average Bonchev–Trinajstić information content (AvgIpc) is 2.56. The summed E-state index contributed by atoms with van der Waals surface area (Å²) in [5, 5.41) is 0. The molecule has 0 N–H and O–H groups in total. The first kappa shape index (κ1) is 15.3. The van der Waals surface area contributed by atoms with Crippen LogP contribution in [0, 0.1) is 14.9 Å². The van der Waals surface area contributed by atoms with Crippen LogP contribution in [0.15, 0.2) is 48.5 Å². The smallest absolute Gasteiger partial charge is 0 e. The Balaban J connectivity index is 0.000000750. The summed E-state index contributed by atoms with van der Waals surface area (Å²) in [6, 6.07) is 17.3. The Kier molecular flexibility index (Phi) is 5.88. The van der Waals surface area contributed by atoms with Gasteiger partial charge >= 0.3 is 0 Å². The molecule has 0 heterocycles. The third-order valence-electron chi connectivity index (χ3n) is 2.71. The molecule has 3 rings (SSSR count). The van der Waals surface area contributed by atoms with Crippen molar-refractivity contribution in [2.45, 2.75) is 6.42 Å². The van der Waals surface area contributed by atoms with Gasteiger partial charge in [0.1, 0.15) is 0 Å². The third kappa shape index (κ3) is 2.35. The van der Waals surface area contributed by atoms with Crippen molar-refractivity contribution in [2.75, 3.05) is 0 Å². The van der Waals surface area contributed by atoms with Crippen LogP contribution in [0.25, 0.3) is 11.1 Å². The summed E-state index contributed by atoms with van der Waals surface area (Å²) >= 11 is 0. The van der Waals surface area contributed by atoms with Gasteiger partial charge in [-0.15, -0.1) is 0 Å². The predicted molar refractivity (Wildman–Crippen MR) is 67.5 cm³/mol. The van der Waals surface area contributed by atoms with Crippen molar-refractivity contribution in [1.82, 2.24) is 0 Å². The van der Waals surface area contributed by atoms with Gasteiger partial charge in [-0.25, -0.2) is 0 Å². The average molecular weight is 375 g/mol. The minimum Gasteiger partial charge on any atom is -0.358 e. The summed E-state index contributed by atoms with van der Waals surface area (Å²) in [6.07, 6.45) is 1.10. The first-order valence-electron chi connectivity index (χ1n) is 4.61. The molecule has 2 aromatic carbocycles. The van der Waals surface area contributed by atoms with Gasteiger partial charge < -0.3 is 14.9 Å². The van der Waals surface area contributed by atoms with Crippen molar-refractivity contribution in [3.05, 3.63) is 74.5 Å². The molecule has 1 aliphatic rings. The van der Waals surface area contributed by atoms with E-state index in [2.05, 4.69) is 48.5 Å². The fourth-order valence-electron chi connectivity index (χ4n) is 2.08. The fourth-order valence-corrected chi connectivity index (χ4v) is 2.08. The minimum atomic E-state index is 0. The van der Waals surface area contributed by atoms with Crippen LogP contribution in [-0.4, -0.2) is 0 Å². The van der Waals surface area contributed by atoms with Crippen LogP contribution in [0.5, 0.6) is 0 Å². The molecular weight excluding hydrogens is 359 g/mol. The van der Waals surface area contributed by atoms with E-state index >= 15 is 0 Å². The molecule has 82 valence electrons. The largest absolute Gasteiger partial charge is 0.358 e. The van der Waals surface area contributed by atoms with Crippen LogP contribution in [0.1, 0.15) is 11.1 Å². The minimum absolute atomic E-state index is 0. The van der Waals surface area contributed by atoms with Crippen LogP contribution in [0.4, 0.5) is 0 Å². The van der Waals surface area contributed by atoms with Crippen molar-refractivity contribution in [3.63, 3.8) is 0 Å². The first-order chi connectivity index (χ1) is 6.45. The van der Waals surface area contributed by atoms with E-state index < -0.39 is 0 Å². The monoisotopic (exact) mass is 376 g/mol. The van der Waals surface area contributed by atoms with Gasteiger partial charge in [0.2, 0.25) is 0 Å². The van der Waals surface area contributed by atoms with Gasteiger partial charge in [0.15, 0.2) is 0 Å². The van der Waals surface area contributed by atoms with Gasteiger partial charge in [-0.05, 0) is 28.7 Å². The molecule has 0 bridgehead atoms. The van der Waals surface area contributed by atoms with Crippen LogP contribution in [0.2, 0.25) is 0 Å². The van der Waals surface area contributed by atoms with Crippen molar-refractivity contribution in [3.8, 4) is 11.1 Å². The summed E-state index contributed by atoms with van der Waals surface area (Å²) in [5.41, 5.74) is 5.75. The molecular formula is C15H16Hf-2. The Morgan fingerprint density at radius 3 is 1.44 bits per heavy atom. The molecule has 16 heavy (non-hydrogen) atoms. The van der Waals surface area contributed by atoms with Crippen LogP contribution in [0.3, 0.4) is 0 Å². The summed E-state index contributed by atoms with van der Waals surface area (Å²) in [7, 11) is 0. The molecule has 0 spiro atoms. The van der Waals surface area contributed by atoms with Gasteiger partial charge in [0.05, 0.1) is 0 Å². The second-order valence-corrected chi connectivity index (χ2v) is 3.49. The topological polar surface area (TPSA) is 0 Å². The van der Waals surface area contributed by atoms with Gasteiger partial charge in [0, 0.05) is 25.8 Å². The molecule has 1 aliphatic carbocycles. The molecule has 0 amide bonds.